The largest absolute Gasteiger partial charge is 0.339 e. The van der Waals surface area contributed by atoms with Crippen LogP contribution in [0.2, 0.25) is 5.02 Å². The quantitative estimate of drug-likeness (QED) is 0.615. The molecule has 0 aliphatic rings. The van der Waals surface area contributed by atoms with Crippen LogP contribution >= 0.6 is 11.6 Å². The van der Waals surface area contributed by atoms with Crippen molar-refractivity contribution in [3.05, 3.63) is 71.1 Å². The Morgan fingerprint density at radius 2 is 1.76 bits per heavy atom. The van der Waals surface area contributed by atoms with Crippen molar-refractivity contribution in [3.8, 4) is 11.4 Å². The number of aryl methyl sites for hydroxylation is 1. The van der Waals surface area contributed by atoms with Crippen molar-refractivity contribution in [2.75, 3.05) is 6.54 Å². The van der Waals surface area contributed by atoms with E-state index in [9.17, 15) is 0 Å². The molecule has 1 N–H and O–H groups in total. The van der Waals surface area contributed by atoms with Gasteiger partial charge in [0.05, 0.1) is 0 Å². The van der Waals surface area contributed by atoms with Crippen LogP contribution in [0.4, 0.5) is 0 Å². The zero-order valence-electron chi connectivity index (χ0n) is 14.5. The van der Waals surface area contributed by atoms with Gasteiger partial charge in [-0.05, 0) is 44.5 Å². The number of aromatic nitrogens is 2. The third-order valence-corrected chi connectivity index (χ3v) is 4.45. The van der Waals surface area contributed by atoms with Gasteiger partial charge in [-0.2, -0.15) is 4.98 Å². The number of hydrogen-bond acceptors (Lipinski definition) is 4. The summed E-state index contributed by atoms with van der Waals surface area (Å²) in [7, 11) is 0. The Kier molecular flexibility index (Phi) is 5.51. The second-order valence-corrected chi connectivity index (χ2v) is 6.98. The van der Waals surface area contributed by atoms with Gasteiger partial charge in [0, 0.05) is 22.5 Å². The fourth-order valence-electron chi connectivity index (χ4n) is 2.67. The van der Waals surface area contributed by atoms with E-state index in [0.29, 0.717) is 11.7 Å². The maximum atomic E-state index is 5.96. The molecule has 1 heterocycles. The van der Waals surface area contributed by atoms with Gasteiger partial charge in [-0.25, -0.2) is 0 Å². The van der Waals surface area contributed by atoms with E-state index in [4.69, 9.17) is 16.1 Å². The Labute approximate surface area is 153 Å². The molecule has 1 aromatic heterocycles. The van der Waals surface area contributed by atoms with Crippen LogP contribution in [-0.2, 0) is 12.0 Å². The van der Waals surface area contributed by atoms with Crippen LogP contribution in [-0.4, -0.2) is 16.7 Å². The summed E-state index contributed by atoms with van der Waals surface area (Å²) in [6.07, 6.45) is 1.68. The first-order chi connectivity index (χ1) is 12.0. The zero-order valence-corrected chi connectivity index (χ0v) is 15.3. The van der Waals surface area contributed by atoms with Crippen LogP contribution in [0.15, 0.2) is 59.1 Å². The molecule has 0 unspecified atom stereocenters. The van der Waals surface area contributed by atoms with Gasteiger partial charge in [-0.1, -0.05) is 59.2 Å². The molecule has 0 spiro atoms. The van der Waals surface area contributed by atoms with Crippen LogP contribution < -0.4 is 5.32 Å². The van der Waals surface area contributed by atoms with Crippen LogP contribution in [0.5, 0.6) is 0 Å². The molecule has 2 aromatic carbocycles. The number of nitrogens with zero attached hydrogens (tertiary/aromatic N) is 2. The molecule has 0 radical (unpaired) electrons. The van der Waals surface area contributed by atoms with Crippen molar-refractivity contribution >= 4 is 11.6 Å². The summed E-state index contributed by atoms with van der Waals surface area (Å²) in [4.78, 5) is 4.46. The van der Waals surface area contributed by atoms with E-state index in [1.54, 1.807) is 0 Å². The molecule has 0 saturated heterocycles. The Morgan fingerprint density at radius 3 is 2.48 bits per heavy atom. The van der Waals surface area contributed by atoms with Crippen molar-refractivity contribution in [1.82, 2.24) is 15.5 Å². The summed E-state index contributed by atoms with van der Waals surface area (Å²) in [5.74, 6) is 1.31. The van der Waals surface area contributed by atoms with Gasteiger partial charge in [0.25, 0.3) is 0 Å². The number of hydrogen-bond donors (Lipinski definition) is 1. The maximum Gasteiger partial charge on any atom is 0.227 e. The van der Waals surface area contributed by atoms with Gasteiger partial charge in [0.15, 0.2) is 0 Å². The molecule has 3 aromatic rings. The van der Waals surface area contributed by atoms with Crippen LogP contribution in [0.1, 0.15) is 31.7 Å². The standard InChI is InChI=1S/C20H22ClN3O/c1-20(2,16-10-12-17(21)13-11-16)22-14-6-9-18-23-19(24-25-18)15-7-4-3-5-8-15/h3-5,7-8,10-13,22H,6,9,14H2,1-2H3. The lowest BCUT2D eigenvalue weighted by Gasteiger charge is -2.27. The molecule has 0 fully saturated rings. The summed E-state index contributed by atoms with van der Waals surface area (Å²) >= 11 is 5.96. The summed E-state index contributed by atoms with van der Waals surface area (Å²) in [5.41, 5.74) is 2.06. The van der Waals surface area contributed by atoms with Crippen molar-refractivity contribution in [2.24, 2.45) is 0 Å². The predicted molar refractivity (Wildman–Crippen MR) is 101 cm³/mol. The van der Waals surface area contributed by atoms with Gasteiger partial charge in [0.1, 0.15) is 0 Å². The second kappa shape index (κ2) is 7.81. The zero-order chi connectivity index (χ0) is 17.7. The summed E-state index contributed by atoms with van der Waals surface area (Å²) in [5, 5.41) is 8.38. The van der Waals surface area contributed by atoms with Crippen LogP contribution in [0, 0.1) is 0 Å². The Hall–Kier alpha value is -2.17. The van der Waals surface area contributed by atoms with E-state index in [1.165, 1.54) is 5.56 Å². The van der Waals surface area contributed by atoms with Gasteiger partial charge in [-0.15, -0.1) is 0 Å². The maximum absolute atomic E-state index is 5.96. The molecule has 130 valence electrons. The van der Waals surface area contributed by atoms with Gasteiger partial charge in [-0.3, -0.25) is 0 Å². The smallest absolute Gasteiger partial charge is 0.227 e. The van der Waals surface area contributed by atoms with E-state index in [2.05, 4.69) is 41.4 Å². The number of benzene rings is 2. The lowest BCUT2D eigenvalue weighted by Crippen LogP contribution is -2.37. The molecular formula is C20H22ClN3O. The van der Waals surface area contributed by atoms with Gasteiger partial charge in [0.2, 0.25) is 11.7 Å². The fourth-order valence-corrected chi connectivity index (χ4v) is 2.80. The monoisotopic (exact) mass is 355 g/mol. The molecule has 5 heteroatoms. The van der Waals surface area contributed by atoms with Crippen LogP contribution in [0.3, 0.4) is 0 Å². The average molecular weight is 356 g/mol. The highest BCUT2D eigenvalue weighted by Gasteiger charge is 2.19. The van der Waals surface area contributed by atoms with E-state index < -0.39 is 0 Å². The third-order valence-electron chi connectivity index (χ3n) is 4.20. The summed E-state index contributed by atoms with van der Waals surface area (Å²) < 4.78 is 5.35. The summed E-state index contributed by atoms with van der Waals surface area (Å²) in [6.45, 7) is 5.19. The van der Waals surface area contributed by atoms with E-state index >= 15 is 0 Å². The Balaban J connectivity index is 1.50. The molecule has 0 amide bonds. The minimum Gasteiger partial charge on any atom is -0.339 e. The molecule has 0 saturated carbocycles. The fraction of sp³-hybridized carbons (Fsp3) is 0.300. The normalized spacial score (nSPS) is 11.6. The molecule has 4 nitrogen and oxygen atoms in total. The highest BCUT2D eigenvalue weighted by Crippen LogP contribution is 2.22. The first kappa shape index (κ1) is 17.6. The number of halogens is 1. The van der Waals surface area contributed by atoms with Crippen molar-refractivity contribution in [1.29, 1.82) is 0 Å². The second-order valence-electron chi connectivity index (χ2n) is 6.54. The average Bonchev–Trinajstić information content (AvgIpc) is 3.09. The van der Waals surface area contributed by atoms with Gasteiger partial charge < -0.3 is 9.84 Å². The molecular weight excluding hydrogens is 334 g/mol. The Bertz CT molecular complexity index is 797. The Morgan fingerprint density at radius 1 is 1.04 bits per heavy atom. The number of rotatable bonds is 7. The lowest BCUT2D eigenvalue weighted by molar-refractivity contribution is 0.362. The highest BCUT2D eigenvalue weighted by atomic mass is 35.5. The van der Waals surface area contributed by atoms with E-state index in [-0.39, 0.29) is 5.54 Å². The van der Waals surface area contributed by atoms with Crippen molar-refractivity contribution in [3.63, 3.8) is 0 Å². The first-order valence-electron chi connectivity index (χ1n) is 8.44. The van der Waals surface area contributed by atoms with Crippen LogP contribution in [0.25, 0.3) is 11.4 Å². The summed E-state index contributed by atoms with van der Waals surface area (Å²) in [6, 6.07) is 17.8. The molecule has 0 bridgehead atoms. The molecule has 0 aliphatic heterocycles. The third kappa shape index (κ3) is 4.68. The van der Waals surface area contributed by atoms with Gasteiger partial charge >= 0.3 is 0 Å². The van der Waals surface area contributed by atoms with Crippen molar-refractivity contribution < 1.29 is 4.52 Å². The lowest BCUT2D eigenvalue weighted by atomic mass is 9.94. The first-order valence-corrected chi connectivity index (χ1v) is 8.81. The molecule has 3 rings (SSSR count). The predicted octanol–water partition coefficient (Wildman–Crippen LogP) is 4.85. The van der Waals surface area contributed by atoms with E-state index in [1.807, 2.05) is 42.5 Å². The van der Waals surface area contributed by atoms with Crippen molar-refractivity contribution in [2.45, 2.75) is 32.2 Å². The minimum absolute atomic E-state index is 0.116. The highest BCUT2D eigenvalue weighted by molar-refractivity contribution is 6.30. The topological polar surface area (TPSA) is 51.0 Å². The minimum atomic E-state index is -0.116. The number of nitrogens with one attached hydrogen (secondary N) is 1. The molecule has 0 atom stereocenters. The molecule has 25 heavy (non-hydrogen) atoms. The SMILES string of the molecule is CC(C)(NCCCc1nc(-c2ccccc2)no1)c1ccc(Cl)cc1. The molecule has 0 aliphatic carbocycles. The van der Waals surface area contributed by atoms with E-state index in [0.717, 1.165) is 30.0 Å².